The van der Waals surface area contributed by atoms with E-state index in [1.165, 1.54) is 0 Å². The van der Waals surface area contributed by atoms with Crippen molar-refractivity contribution in [2.75, 3.05) is 26.4 Å². The summed E-state index contributed by atoms with van der Waals surface area (Å²) in [5.74, 6) is 0.566. The minimum absolute atomic E-state index is 0.164. The summed E-state index contributed by atoms with van der Waals surface area (Å²) in [5.41, 5.74) is 2.82. The molecule has 0 aliphatic carbocycles. The summed E-state index contributed by atoms with van der Waals surface area (Å²) in [4.78, 5) is 12.6. The van der Waals surface area contributed by atoms with Crippen molar-refractivity contribution in [3.05, 3.63) is 75.6 Å². The number of aliphatic hydroxyl groups excluding tert-OH is 1. The zero-order chi connectivity index (χ0) is 21.6. The summed E-state index contributed by atoms with van der Waals surface area (Å²) in [6, 6.07) is 15.7. The minimum atomic E-state index is -0.625. The normalized spacial score (nSPS) is 15.8. The molecule has 1 aromatic heterocycles. The molecular formula is C25H29NO5. The van der Waals surface area contributed by atoms with Gasteiger partial charge in [0.15, 0.2) is 0 Å². The fourth-order valence-electron chi connectivity index (χ4n) is 3.92. The zero-order valence-electron chi connectivity index (χ0n) is 17.8. The highest BCUT2D eigenvalue weighted by Gasteiger charge is 2.16. The molecular weight excluding hydrogens is 394 g/mol. The zero-order valence-corrected chi connectivity index (χ0v) is 17.8. The van der Waals surface area contributed by atoms with E-state index in [9.17, 15) is 9.90 Å². The molecule has 3 aromatic rings. The molecule has 1 fully saturated rings. The van der Waals surface area contributed by atoms with Gasteiger partial charge in [-0.3, -0.25) is 0 Å². The molecule has 0 bridgehead atoms. The Balaban J connectivity index is 1.40. The lowest BCUT2D eigenvalue weighted by Gasteiger charge is -2.24. The molecule has 6 heteroatoms. The molecule has 0 radical (unpaired) electrons. The van der Waals surface area contributed by atoms with Gasteiger partial charge in [0, 0.05) is 49.2 Å². The number of nitrogens with one attached hydrogen (secondary N) is 1. The lowest BCUT2D eigenvalue weighted by molar-refractivity contribution is 0.0655. The number of ether oxygens (including phenoxy) is 2. The predicted octanol–water partition coefficient (Wildman–Crippen LogP) is 3.20. The molecule has 0 amide bonds. The Labute approximate surface area is 181 Å². The van der Waals surface area contributed by atoms with Gasteiger partial charge in [-0.1, -0.05) is 30.3 Å². The first-order chi connectivity index (χ1) is 15.1. The van der Waals surface area contributed by atoms with Crippen LogP contribution in [0.15, 0.2) is 57.7 Å². The predicted molar refractivity (Wildman–Crippen MR) is 120 cm³/mol. The van der Waals surface area contributed by atoms with E-state index in [-0.39, 0.29) is 12.2 Å². The fourth-order valence-corrected chi connectivity index (χ4v) is 3.92. The molecule has 4 rings (SSSR count). The van der Waals surface area contributed by atoms with Gasteiger partial charge in [0.05, 0.1) is 0 Å². The van der Waals surface area contributed by atoms with Crippen LogP contribution in [0.5, 0.6) is 5.75 Å². The van der Waals surface area contributed by atoms with Crippen molar-refractivity contribution in [3.8, 4) is 5.75 Å². The lowest BCUT2D eigenvalue weighted by atomic mass is 10.00. The molecule has 2 N–H and O–H groups in total. The Morgan fingerprint density at radius 2 is 1.94 bits per heavy atom. The van der Waals surface area contributed by atoms with Gasteiger partial charge in [-0.2, -0.15) is 0 Å². The Morgan fingerprint density at radius 3 is 2.71 bits per heavy atom. The van der Waals surface area contributed by atoms with Crippen LogP contribution in [-0.4, -0.2) is 43.6 Å². The summed E-state index contributed by atoms with van der Waals surface area (Å²) in [5, 5.41) is 14.5. The first-order valence-corrected chi connectivity index (χ1v) is 10.8. The Morgan fingerprint density at radius 1 is 1.16 bits per heavy atom. The van der Waals surface area contributed by atoms with E-state index in [4.69, 9.17) is 13.9 Å². The largest absolute Gasteiger partial charge is 0.491 e. The molecule has 0 spiro atoms. The number of fused-ring (bicyclic) bond motifs is 1. The van der Waals surface area contributed by atoms with E-state index in [0.717, 1.165) is 42.6 Å². The van der Waals surface area contributed by atoms with Gasteiger partial charge >= 0.3 is 5.63 Å². The molecule has 2 aromatic carbocycles. The first-order valence-electron chi connectivity index (χ1n) is 10.8. The van der Waals surface area contributed by atoms with Crippen molar-refractivity contribution >= 4 is 11.0 Å². The van der Waals surface area contributed by atoms with Gasteiger partial charge in [-0.15, -0.1) is 0 Å². The molecule has 2 heterocycles. The van der Waals surface area contributed by atoms with Crippen molar-refractivity contribution in [2.24, 2.45) is 0 Å². The Hall–Kier alpha value is -2.67. The highest BCUT2D eigenvalue weighted by molar-refractivity contribution is 5.82. The smallest absolute Gasteiger partial charge is 0.340 e. The van der Waals surface area contributed by atoms with Crippen molar-refractivity contribution in [3.63, 3.8) is 0 Å². The second-order valence-electron chi connectivity index (χ2n) is 8.07. The second-order valence-corrected chi connectivity index (χ2v) is 8.07. The van der Waals surface area contributed by atoms with Crippen molar-refractivity contribution in [2.45, 2.75) is 38.3 Å². The van der Waals surface area contributed by atoms with E-state index < -0.39 is 6.10 Å². The van der Waals surface area contributed by atoms with Crippen molar-refractivity contribution < 1.29 is 19.0 Å². The Bertz CT molecular complexity index is 1060. The molecule has 6 nitrogen and oxygen atoms in total. The molecule has 1 atom stereocenters. The van der Waals surface area contributed by atoms with Crippen LogP contribution in [0.2, 0.25) is 0 Å². The molecule has 1 aliphatic heterocycles. The van der Waals surface area contributed by atoms with Gasteiger partial charge in [0.1, 0.15) is 24.0 Å². The van der Waals surface area contributed by atoms with Crippen LogP contribution in [0.3, 0.4) is 0 Å². The van der Waals surface area contributed by atoms with Crippen LogP contribution < -0.4 is 15.7 Å². The van der Waals surface area contributed by atoms with E-state index in [1.807, 2.05) is 49.4 Å². The monoisotopic (exact) mass is 423 g/mol. The maximum atomic E-state index is 12.6. The Kier molecular flexibility index (Phi) is 7.02. The fraction of sp³-hybridized carbons (Fsp3) is 0.400. The van der Waals surface area contributed by atoms with Gasteiger partial charge < -0.3 is 24.3 Å². The molecule has 31 heavy (non-hydrogen) atoms. The number of rotatable bonds is 8. The highest BCUT2D eigenvalue weighted by atomic mass is 16.5. The quantitative estimate of drug-likeness (QED) is 0.542. The van der Waals surface area contributed by atoms with Crippen LogP contribution >= 0.6 is 0 Å². The van der Waals surface area contributed by atoms with Crippen LogP contribution in [0.25, 0.3) is 11.0 Å². The minimum Gasteiger partial charge on any atom is -0.491 e. The molecule has 0 saturated carbocycles. The first kappa shape index (κ1) is 21.6. The van der Waals surface area contributed by atoms with E-state index >= 15 is 0 Å². The van der Waals surface area contributed by atoms with E-state index in [1.54, 1.807) is 6.07 Å². The van der Waals surface area contributed by atoms with Crippen molar-refractivity contribution in [1.29, 1.82) is 0 Å². The van der Waals surface area contributed by atoms with Crippen LogP contribution in [0.1, 0.15) is 29.5 Å². The highest BCUT2D eigenvalue weighted by Crippen LogP contribution is 2.25. The molecule has 1 saturated heterocycles. The van der Waals surface area contributed by atoms with Crippen LogP contribution in [0.4, 0.5) is 0 Å². The summed E-state index contributed by atoms with van der Waals surface area (Å²) < 4.78 is 16.7. The summed E-state index contributed by atoms with van der Waals surface area (Å²) in [6.07, 6.45) is 1.84. The summed E-state index contributed by atoms with van der Waals surface area (Å²) in [6.45, 7) is 4.11. The number of aryl methyl sites for hydroxylation is 1. The second kappa shape index (κ2) is 10.1. The van der Waals surface area contributed by atoms with E-state index in [0.29, 0.717) is 35.9 Å². The third kappa shape index (κ3) is 5.53. The van der Waals surface area contributed by atoms with Gasteiger partial charge in [0.2, 0.25) is 0 Å². The number of aliphatic hydroxyl groups is 1. The molecule has 1 aliphatic rings. The third-order valence-electron chi connectivity index (χ3n) is 5.79. The average Bonchev–Trinajstić information content (AvgIpc) is 2.80. The number of hydrogen-bond donors (Lipinski definition) is 2. The van der Waals surface area contributed by atoms with Gasteiger partial charge in [-0.25, -0.2) is 4.79 Å². The average molecular weight is 424 g/mol. The van der Waals surface area contributed by atoms with E-state index in [2.05, 4.69) is 5.32 Å². The maximum Gasteiger partial charge on any atom is 0.340 e. The molecule has 1 unspecified atom stereocenters. The number of hydrogen-bond acceptors (Lipinski definition) is 6. The maximum absolute atomic E-state index is 12.6. The van der Waals surface area contributed by atoms with Crippen molar-refractivity contribution in [1.82, 2.24) is 5.32 Å². The topological polar surface area (TPSA) is 80.9 Å². The third-order valence-corrected chi connectivity index (χ3v) is 5.79. The lowest BCUT2D eigenvalue weighted by Crippen LogP contribution is -2.40. The van der Waals surface area contributed by atoms with Crippen LogP contribution in [0, 0.1) is 6.92 Å². The van der Waals surface area contributed by atoms with Gasteiger partial charge in [0.25, 0.3) is 0 Å². The molecule has 164 valence electrons. The summed E-state index contributed by atoms with van der Waals surface area (Å²) >= 11 is 0. The number of benzene rings is 2. The van der Waals surface area contributed by atoms with Crippen LogP contribution in [-0.2, 0) is 11.2 Å². The SMILES string of the molecule is Cc1c(Cc2ccccc2)c(=O)oc2cc(OCC(O)CNC3CCOCC3)ccc12. The summed E-state index contributed by atoms with van der Waals surface area (Å²) in [7, 11) is 0. The standard InChI is InChI=1S/C25H29NO5/c1-17-22-8-7-21(30-16-20(27)15-26-19-9-11-29-12-10-19)14-24(22)31-25(28)23(17)13-18-5-3-2-4-6-18/h2-8,14,19-20,26-27H,9-13,15-16H2,1H3. The van der Waals surface area contributed by atoms with Gasteiger partial charge in [-0.05, 0) is 43.0 Å².